The zero-order chi connectivity index (χ0) is 24.8. The van der Waals surface area contributed by atoms with Gasteiger partial charge in [-0.2, -0.15) is 0 Å². The van der Waals surface area contributed by atoms with Gasteiger partial charge in [-0.05, 0) is 50.1 Å². The highest BCUT2D eigenvalue weighted by molar-refractivity contribution is 8.00. The number of fused-ring (bicyclic) bond motifs is 2. The Labute approximate surface area is 211 Å². The number of rotatable bonds is 7. The third-order valence-electron chi connectivity index (χ3n) is 6.43. The molecule has 0 aliphatic heterocycles. The van der Waals surface area contributed by atoms with Gasteiger partial charge in [0.1, 0.15) is 11.6 Å². The topological polar surface area (TPSA) is 107 Å². The molecule has 1 amide bonds. The lowest BCUT2D eigenvalue weighted by Gasteiger charge is -2.19. The molecule has 0 radical (unpaired) electrons. The number of nitrogens with zero attached hydrogens (tertiary/aromatic N) is 3. The fourth-order valence-corrected chi connectivity index (χ4v) is 5.23. The minimum Gasteiger partial charge on any atom is -0.467 e. The van der Waals surface area contributed by atoms with Crippen molar-refractivity contribution in [3.63, 3.8) is 0 Å². The second kappa shape index (κ2) is 8.91. The fourth-order valence-electron chi connectivity index (χ4n) is 4.37. The van der Waals surface area contributed by atoms with E-state index in [9.17, 15) is 14.4 Å². The predicted molar refractivity (Wildman–Crippen MR) is 134 cm³/mol. The van der Waals surface area contributed by atoms with Crippen LogP contribution in [0.3, 0.4) is 0 Å². The first-order valence-electron chi connectivity index (χ1n) is 11.7. The summed E-state index contributed by atoms with van der Waals surface area (Å²) in [7, 11) is 0. The van der Waals surface area contributed by atoms with Gasteiger partial charge in [0.05, 0.1) is 18.1 Å². The van der Waals surface area contributed by atoms with Gasteiger partial charge >= 0.3 is 0 Å². The Bertz CT molecular complexity index is 1500. The van der Waals surface area contributed by atoms with Crippen molar-refractivity contribution in [3.8, 4) is 0 Å². The van der Waals surface area contributed by atoms with E-state index in [1.165, 1.54) is 11.8 Å². The van der Waals surface area contributed by atoms with Crippen LogP contribution in [-0.2, 0) is 11.3 Å². The Morgan fingerprint density at radius 2 is 1.75 bits per heavy atom. The number of aromatic nitrogens is 3. The van der Waals surface area contributed by atoms with E-state index in [4.69, 9.17) is 4.42 Å². The molecule has 4 aromatic rings. The normalized spacial score (nSPS) is 15.4. The van der Waals surface area contributed by atoms with Crippen molar-refractivity contribution in [2.75, 3.05) is 5.32 Å². The highest BCUT2D eigenvalue weighted by atomic mass is 32.2. The summed E-state index contributed by atoms with van der Waals surface area (Å²) >= 11 is 1.32. The maximum Gasteiger partial charge on any atom is 0.237 e. The van der Waals surface area contributed by atoms with Gasteiger partial charge in [-0.1, -0.05) is 36.0 Å². The van der Waals surface area contributed by atoms with Crippen LogP contribution in [0, 0.1) is 0 Å². The molecule has 2 aliphatic carbocycles. The Hall–Kier alpha value is -3.98. The summed E-state index contributed by atoms with van der Waals surface area (Å²) in [6.45, 7) is 2.30. The van der Waals surface area contributed by atoms with Crippen LogP contribution in [0.4, 0.5) is 5.69 Å². The lowest BCUT2D eigenvalue weighted by atomic mass is 9.84. The second-order valence-corrected chi connectivity index (χ2v) is 10.3. The van der Waals surface area contributed by atoms with Crippen LogP contribution < -0.4 is 5.32 Å². The molecule has 1 unspecified atom stereocenters. The van der Waals surface area contributed by atoms with Gasteiger partial charge in [0, 0.05) is 33.9 Å². The molecule has 0 saturated heterocycles. The molecular formula is C27H22N4O4S. The van der Waals surface area contributed by atoms with Crippen LogP contribution in [-0.4, -0.2) is 37.5 Å². The van der Waals surface area contributed by atoms with Gasteiger partial charge in [0.2, 0.25) is 5.91 Å². The molecule has 2 aromatic carbocycles. The number of hydrogen-bond donors (Lipinski definition) is 1. The molecule has 1 N–H and O–H groups in total. The highest BCUT2D eigenvalue weighted by Crippen LogP contribution is 2.40. The quantitative estimate of drug-likeness (QED) is 0.324. The average molecular weight is 499 g/mol. The van der Waals surface area contributed by atoms with Crippen molar-refractivity contribution in [1.29, 1.82) is 0 Å². The van der Waals surface area contributed by atoms with Crippen LogP contribution in [0.2, 0.25) is 0 Å². The largest absolute Gasteiger partial charge is 0.467 e. The van der Waals surface area contributed by atoms with E-state index in [2.05, 4.69) is 15.5 Å². The zero-order valence-electron chi connectivity index (χ0n) is 19.4. The lowest BCUT2D eigenvalue weighted by molar-refractivity contribution is -0.115. The number of thioether (sulfide) groups is 1. The molecule has 8 nitrogen and oxygen atoms in total. The molecule has 2 aromatic heterocycles. The molecule has 0 spiro atoms. The van der Waals surface area contributed by atoms with Crippen LogP contribution >= 0.6 is 11.8 Å². The average Bonchev–Trinajstić information content (AvgIpc) is 3.46. The van der Waals surface area contributed by atoms with E-state index in [-0.39, 0.29) is 17.5 Å². The Balaban J connectivity index is 1.20. The molecule has 1 saturated carbocycles. The van der Waals surface area contributed by atoms with Crippen molar-refractivity contribution in [2.45, 2.75) is 42.6 Å². The number of nitrogens with one attached hydrogen (secondary N) is 1. The van der Waals surface area contributed by atoms with E-state index >= 15 is 0 Å². The van der Waals surface area contributed by atoms with Crippen LogP contribution in [0.25, 0.3) is 0 Å². The molecule has 9 heteroatoms. The zero-order valence-corrected chi connectivity index (χ0v) is 20.2. The van der Waals surface area contributed by atoms with Crippen LogP contribution in [0.5, 0.6) is 0 Å². The summed E-state index contributed by atoms with van der Waals surface area (Å²) in [6, 6.07) is 15.4. The number of carbonyl (C=O) groups excluding carboxylic acids is 3. The molecular weight excluding hydrogens is 476 g/mol. The summed E-state index contributed by atoms with van der Waals surface area (Å²) < 4.78 is 7.54. The second-order valence-electron chi connectivity index (χ2n) is 8.99. The molecule has 0 bridgehead atoms. The van der Waals surface area contributed by atoms with Crippen molar-refractivity contribution >= 4 is 34.9 Å². The van der Waals surface area contributed by atoms with E-state index in [0.29, 0.717) is 45.6 Å². The molecule has 2 aliphatic rings. The van der Waals surface area contributed by atoms with Crippen LogP contribution in [0.15, 0.2) is 70.4 Å². The summed E-state index contributed by atoms with van der Waals surface area (Å²) in [5.41, 5.74) is 1.88. The van der Waals surface area contributed by atoms with Gasteiger partial charge in [0.15, 0.2) is 16.7 Å². The third-order valence-corrected chi connectivity index (χ3v) is 7.51. The number of carbonyl (C=O) groups is 3. The van der Waals surface area contributed by atoms with E-state index in [1.54, 1.807) is 55.7 Å². The van der Waals surface area contributed by atoms with Crippen molar-refractivity contribution < 1.29 is 18.8 Å². The third kappa shape index (κ3) is 4.05. The predicted octanol–water partition coefficient (Wildman–Crippen LogP) is 4.69. The summed E-state index contributed by atoms with van der Waals surface area (Å²) in [6.07, 6.45) is 3.80. The first-order valence-corrected chi connectivity index (χ1v) is 12.6. The van der Waals surface area contributed by atoms with Crippen molar-refractivity contribution in [1.82, 2.24) is 14.8 Å². The maximum atomic E-state index is 13.1. The minimum atomic E-state index is -0.481. The number of anilines is 1. The Kier molecular flexibility index (Phi) is 5.56. The lowest BCUT2D eigenvalue weighted by Crippen LogP contribution is -2.24. The van der Waals surface area contributed by atoms with Gasteiger partial charge in [-0.15, -0.1) is 10.2 Å². The molecule has 2 heterocycles. The summed E-state index contributed by atoms with van der Waals surface area (Å²) in [4.78, 5) is 38.9. The van der Waals surface area contributed by atoms with E-state index in [1.807, 2.05) is 16.7 Å². The molecule has 1 atom stereocenters. The van der Waals surface area contributed by atoms with Crippen molar-refractivity contribution in [3.05, 3.63) is 94.7 Å². The van der Waals surface area contributed by atoms with Gasteiger partial charge in [-0.3, -0.25) is 19.0 Å². The SMILES string of the molecule is CC(Sc1nnc(C2CC2)n1Cc1ccco1)C(=O)Nc1ccc2c(c1)C(=O)c1ccccc1C2=O. The Morgan fingerprint density at radius 3 is 2.44 bits per heavy atom. The maximum absolute atomic E-state index is 13.1. The number of benzene rings is 2. The number of ketones is 2. The fraction of sp³-hybridized carbons (Fsp3) is 0.222. The van der Waals surface area contributed by atoms with Gasteiger partial charge < -0.3 is 9.73 Å². The summed E-state index contributed by atoms with van der Waals surface area (Å²) in [5, 5.41) is 11.8. The smallest absolute Gasteiger partial charge is 0.237 e. The number of furan rings is 1. The minimum absolute atomic E-state index is 0.190. The monoisotopic (exact) mass is 498 g/mol. The summed E-state index contributed by atoms with van der Waals surface area (Å²) in [5.74, 6) is 1.45. The van der Waals surface area contributed by atoms with Gasteiger partial charge in [-0.25, -0.2) is 0 Å². The Morgan fingerprint density at radius 1 is 1.03 bits per heavy atom. The number of amides is 1. The van der Waals surface area contributed by atoms with E-state index in [0.717, 1.165) is 24.4 Å². The molecule has 180 valence electrons. The molecule has 36 heavy (non-hydrogen) atoms. The van der Waals surface area contributed by atoms with Crippen molar-refractivity contribution in [2.24, 2.45) is 0 Å². The van der Waals surface area contributed by atoms with Gasteiger partial charge in [0.25, 0.3) is 0 Å². The first-order chi connectivity index (χ1) is 17.5. The first kappa shape index (κ1) is 22.5. The molecule has 6 rings (SSSR count). The highest BCUT2D eigenvalue weighted by Gasteiger charge is 2.32. The van der Waals surface area contributed by atoms with E-state index < -0.39 is 5.25 Å². The molecule has 1 fully saturated rings. The standard InChI is InChI=1S/C27H22N4O4S/c1-15(36-27-30-29-25(16-8-9-16)31(27)14-18-5-4-12-35-18)26(34)28-17-10-11-21-22(13-17)24(33)20-7-3-2-6-19(20)23(21)32/h2-7,10-13,15-16H,8-9,14H2,1H3,(H,28,34). The van der Waals surface area contributed by atoms with Crippen LogP contribution in [0.1, 0.15) is 69.1 Å². The number of hydrogen-bond acceptors (Lipinski definition) is 7.